The number of hydrogen-bond acceptors (Lipinski definition) is 6. The van der Waals surface area contributed by atoms with Gasteiger partial charge in [-0.15, -0.1) is 10.2 Å². The van der Waals surface area contributed by atoms with Crippen molar-refractivity contribution in [1.82, 2.24) is 10.2 Å². The number of nitrogens with one attached hydrogen (secondary N) is 2. The minimum Gasteiger partial charge on any atom is -0.423 e. The predicted molar refractivity (Wildman–Crippen MR) is 87.0 cm³/mol. The van der Waals surface area contributed by atoms with Gasteiger partial charge in [-0.1, -0.05) is 19.9 Å². The van der Waals surface area contributed by atoms with E-state index < -0.39 is 12.5 Å². The molecule has 1 aromatic carbocycles. The smallest absolute Gasteiger partial charge is 0.250 e. The first-order valence-electron chi connectivity index (χ1n) is 7.57. The predicted octanol–water partition coefficient (Wildman–Crippen LogP) is 2.37. The summed E-state index contributed by atoms with van der Waals surface area (Å²) < 4.78 is 5.65. The van der Waals surface area contributed by atoms with Crippen LogP contribution in [0.25, 0.3) is 0 Å². The molecule has 0 fully saturated rings. The Balaban J connectivity index is 2.02. The lowest BCUT2D eigenvalue weighted by atomic mass is 10.1. The maximum absolute atomic E-state index is 11.2. The average molecular weight is 318 g/mol. The maximum atomic E-state index is 11.2. The summed E-state index contributed by atoms with van der Waals surface area (Å²) in [4.78, 5) is 11.2. The topological polar surface area (TPSA) is 100 Å². The van der Waals surface area contributed by atoms with Crippen LogP contribution >= 0.6 is 0 Å². The Morgan fingerprint density at radius 2 is 2.00 bits per heavy atom. The SMILES string of the molecule is CC(C)Cc1nnc(C(C)Nc2cccc(NC(=O)CO)c2)o1. The van der Waals surface area contributed by atoms with Crippen LogP contribution in [0.4, 0.5) is 11.4 Å². The fourth-order valence-electron chi connectivity index (χ4n) is 2.07. The lowest BCUT2D eigenvalue weighted by molar-refractivity contribution is -0.118. The second-order valence-electron chi connectivity index (χ2n) is 5.79. The first kappa shape index (κ1) is 17.0. The molecule has 2 aromatic rings. The molecule has 3 N–H and O–H groups in total. The van der Waals surface area contributed by atoms with Gasteiger partial charge < -0.3 is 20.2 Å². The molecule has 0 saturated heterocycles. The van der Waals surface area contributed by atoms with E-state index in [4.69, 9.17) is 9.52 Å². The summed E-state index contributed by atoms with van der Waals surface area (Å²) in [5.41, 5.74) is 1.41. The van der Waals surface area contributed by atoms with Crippen LogP contribution in [0.5, 0.6) is 0 Å². The molecule has 0 aliphatic rings. The van der Waals surface area contributed by atoms with E-state index in [0.29, 0.717) is 23.4 Å². The zero-order valence-electron chi connectivity index (χ0n) is 13.5. The van der Waals surface area contributed by atoms with Crippen LogP contribution in [0, 0.1) is 5.92 Å². The zero-order chi connectivity index (χ0) is 16.8. The molecule has 1 amide bonds. The summed E-state index contributed by atoms with van der Waals surface area (Å²) in [7, 11) is 0. The fraction of sp³-hybridized carbons (Fsp3) is 0.438. The van der Waals surface area contributed by atoms with Gasteiger partial charge in [0.25, 0.3) is 0 Å². The van der Waals surface area contributed by atoms with Gasteiger partial charge in [-0.05, 0) is 31.0 Å². The summed E-state index contributed by atoms with van der Waals surface area (Å²) >= 11 is 0. The molecule has 2 rings (SSSR count). The van der Waals surface area contributed by atoms with Crippen molar-refractivity contribution in [2.24, 2.45) is 5.92 Å². The van der Waals surface area contributed by atoms with Crippen LogP contribution < -0.4 is 10.6 Å². The molecule has 0 aliphatic heterocycles. The van der Waals surface area contributed by atoms with E-state index in [9.17, 15) is 4.79 Å². The van der Waals surface area contributed by atoms with E-state index >= 15 is 0 Å². The van der Waals surface area contributed by atoms with Crippen molar-refractivity contribution in [3.05, 3.63) is 36.0 Å². The van der Waals surface area contributed by atoms with Crippen molar-refractivity contribution in [2.75, 3.05) is 17.2 Å². The van der Waals surface area contributed by atoms with Crippen molar-refractivity contribution >= 4 is 17.3 Å². The van der Waals surface area contributed by atoms with E-state index in [0.717, 1.165) is 12.1 Å². The Kier molecular flexibility index (Phi) is 5.70. The van der Waals surface area contributed by atoms with Gasteiger partial charge in [-0.2, -0.15) is 0 Å². The van der Waals surface area contributed by atoms with Crippen molar-refractivity contribution in [1.29, 1.82) is 0 Å². The molecule has 0 spiro atoms. The summed E-state index contributed by atoms with van der Waals surface area (Å²) in [5, 5.41) is 22.7. The van der Waals surface area contributed by atoms with E-state index in [1.165, 1.54) is 0 Å². The highest BCUT2D eigenvalue weighted by atomic mass is 16.4. The number of rotatable bonds is 7. The summed E-state index contributed by atoms with van der Waals surface area (Å²) in [6.45, 7) is 5.57. The zero-order valence-corrected chi connectivity index (χ0v) is 13.5. The molecule has 0 radical (unpaired) electrons. The van der Waals surface area contributed by atoms with E-state index in [2.05, 4.69) is 34.7 Å². The second kappa shape index (κ2) is 7.73. The lowest BCUT2D eigenvalue weighted by Crippen LogP contribution is -2.15. The Labute approximate surface area is 135 Å². The number of carbonyl (C=O) groups is 1. The molecule has 124 valence electrons. The normalized spacial score (nSPS) is 12.2. The minimum atomic E-state index is -0.547. The molecule has 7 nitrogen and oxygen atoms in total. The maximum Gasteiger partial charge on any atom is 0.250 e. The molecule has 1 unspecified atom stereocenters. The molecule has 0 bridgehead atoms. The summed E-state index contributed by atoms with van der Waals surface area (Å²) in [6, 6.07) is 7.04. The monoisotopic (exact) mass is 318 g/mol. The van der Waals surface area contributed by atoms with E-state index in [1.54, 1.807) is 18.2 Å². The first-order chi connectivity index (χ1) is 11.0. The van der Waals surface area contributed by atoms with Crippen molar-refractivity contribution in [2.45, 2.75) is 33.2 Å². The van der Waals surface area contributed by atoms with Crippen LogP contribution in [-0.4, -0.2) is 27.8 Å². The molecular weight excluding hydrogens is 296 g/mol. The molecule has 1 atom stereocenters. The molecule has 7 heteroatoms. The van der Waals surface area contributed by atoms with Crippen LogP contribution in [0.1, 0.15) is 38.6 Å². The molecule has 0 aliphatic carbocycles. The van der Waals surface area contributed by atoms with Gasteiger partial charge in [0.05, 0.1) is 0 Å². The number of nitrogens with zero attached hydrogens (tertiary/aromatic N) is 2. The number of carbonyl (C=O) groups excluding carboxylic acids is 1. The number of aliphatic hydroxyl groups excluding tert-OH is 1. The minimum absolute atomic E-state index is 0.160. The van der Waals surface area contributed by atoms with Gasteiger partial charge in [-0.3, -0.25) is 4.79 Å². The third kappa shape index (κ3) is 5.07. The van der Waals surface area contributed by atoms with Crippen LogP contribution in [0.2, 0.25) is 0 Å². The van der Waals surface area contributed by atoms with Crippen LogP contribution in [-0.2, 0) is 11.2 Å². The molecular formula is C16H22N4O3. The van der Waals surface area contributed by atoms with Gasteiger partial charge in [0, 0.05) is 17.8 Å². The number of aliphatic hydroxyl groups is 1. The van der Waals surface area contributed by atoms with Gasteiger partial charge in [0.15, 0.2) is 0 Å². The van der Waals surface area contributed by atoms with Crippen LogP contribution in [0.15, 0.2) is 28.7 Å². The van der Waals surface area contributed by atoms with Gasteiger partial charge >= 0.3 is 0 Å². The Hall–Kier alpha value is -2.41. The number of hydrogen-bond donors (Lipinski definition) is 3. The number of anilines is 2. The number of amides is 1. The highest BCUT2D eigenvalue weighted by Crippen LogP contribution is 2.21. The molecule has 1 heterocycles. The van der Waals surface area contributed by atoms with Gasteiger partial charge in [0.2, 0.25) is 17.7 Å². The number of aromatic nitrogens is 2. The fourth-order valence-corrected chi connectivity index (χ4v) is 2.07. The van der Waals surface area contributed by atoms with Crippen molar-refractivity contribution in [3.63, 3.8) is 0 Å². The number of benzene rings is 1. The Morgan fingerprint density at radius 3 is 2.70 bits per heavy atom. The Morgan fingerprint density at radius 1 is 1.26 bits per heavy atom. The first-order valence-corrected chi connectivity index (χ1v) is 7.57. The third-order valence-electron chi connectivity index (χ3n) is 3.11. The average Bonchev–Trinajstić information content (AvgIpc) is 2.95. The highest BCUT2D eigenvalue weighted by Gasteiger charge is 2.14. The lowest BCUT2D eigenvalue weighted by Gasteiger charge is -2.13. The Bertz CT molecular complexity index is 654. The van der Waals surface area contributed by atoms with E-state index in [1.807, 2.05) is 13.0 Å². The largest absolute Gasteiger partial charge is 0.423 e. The van der Waals surface area contributed by atoms with E-state index in [-0.39, 0.29) is 6.04 Å². The van der Waals surface area contributed by atoms with Crippen LogP contribution in [0.3, 0.4) is 0 Å². The van der Waals surface area contributed by atoms with Crippen molar-refractivity contribution in [3.8, 4) is 0 Å². The standard InChI is InChI=1S/C16H22N4O3/c1-10(2)7-15-19-20-16(23-15)11(3)17-12-5-4-6-13(8-12)18-14(22)9-21/h4-6,8,10-11,17,21H,7,9H2,1-3H3,(H,18,22). The quantitative estimate of drug-likeness (QED) is 0.724. The second-order valence-corrected chi connectivity index (χ2v) is 5.79. The summed E-state index contributed by atoms with van der Waals surface area (Å²) in [5.74, 6) is 1.15. The summed E-state index contributed by atoms with van der Waals surface area (Å²) in [6.07, 6.45) is 0.752. The van der Waals surface area contributed by atoms with Crippen molar-refractivity contribution < 1.29 is 14.3 Å². The molecule has 23 heavy (non-hydrogen) atoms. The van der Waals surface area contributed by atoms with Gasteiger partial charge in [0.1, 0.15) is 12.6 Å². The highest BCUT2D eigenvalue weighted by molar-refractivity contribution is 5.91. The van der Waals surface area contributed by atoms with Gasteiger partial charge in [-0.25, -0.2) is 0 Å². The molecule has 1 aromatic heterocycles. The molecule has 0 saturated carbocycles. The third-order valence-corrected chi connectivity index (χ3v) is 3.11.